The van der Waals surface area contributed by atoms with E-state index in [4.69, 9.17) is 0 Å². The molecule has 0 spiro atoms. The molecule has 0 aliphatic carbocycles. The van der Waals surface area contributed by atoms with Crippen LogP contribution in [0.5, 0.6) is 0 Å². The average molecular weight is 411 g/mol. The van der Waals surface area contributed by atoms with Gasteiger partial charge in [-0.3, -0.25) is 14.2 Å². The molecule has 10 heteroatoms. The Morgan fingerprint density at radius 2 is 1.79 bits per heavy atom. The number of thioether (sulfide) groups is 1. The molecule has 1 aromatic heterocycles. The SMILES string of the molecule is O=C(CSc1nc2ccccc2c(=O)n1-c1ccccc1F)NCC(F)(F)F. The van der Waals surface area contributed by atoms with Crippen molar-refractivity contribution in [2.45, 2.75) is 11.3 Å². The second-order valence-electron chi connectivity index (χ2n) is 5.68. The largest absolute Gasteiger partial charge is 0.405 e. The predicted molar refractivity (Wildman–Crippen MR) is 97.1 cm³/mol. The number of nitrogens with one attached hydrogen (secondary N) is 1. The van der Waals surface area contributed by atoms with Gasteiger partial charge in [-0.1, -0.05) is 36.0 Å². The van der Waals surface area contributed by atoms with Crippen LogP contribution >= 0.6 is 11.8 Å². The quantitative estimate of drug-likeness (QED) is 0.398. The third-order valence-corrected chi connectivity index (χ3v) is 4.60. The lowest BCUT2D eigenvalue weighted by Gasteiger charge is -2.14. The minimum absolute atomic E-state index is 0.00374. The molecule has 1 N–H and O–H groups in total. The Bertz CT molecular complexity index is 1080. The van der Waals surface area contributed by atoms with Crippen LogP contribution < -0.4 is 10.9 Å². The van der Waals surface area contributed by atoms with E-state index in [9.17, 15) is 27.2 Å². The summed E-state index contributed by atoms with van der Waals surface area (Å²) in [5, 5.41) is 1.98. The van der Waals surface area contributed by atoms with Crippen LogP contribution in [-0.2, 0) is 4.79 Å². The van der Waals surface area contributed by atoms with Crippen molar-refractivity contribution in [3.8, 4) is 5.69 Å². The summed E-state index contributed by atoms with van der Waals surface area (Å²) in [6, 6.07) is 11.9. The Kier molecular flexibility index (Phi) is 5.68. The van der Waals surface area contributed by atoms with E-state index in [2.05, 4.69) is 4.98 Å². The van der Waals surface area contributed by atoms with Crippen LogP contribution in [0.4, 0.5) is 17.6 Å². The average Bonchev–Trinajstić information content (AvgIpc) is 2.65. The van der Waals surface area contributed by atoms with Gasteiger partial charge in [0.25, 0.3) is 5.56 Å². The molecule has 0 saturated heterocycles. The third kappa shape index (κ3) is 4.50. The van der Waals surface area contributed by atoms with Crippen LogP contribution in [0.1, 0.15) is 0 Å². The maximum absolute atomic E-state index is 14.3. The Labute approximate surface area is 160 Å². The number of halogens is 4. The topological polar surface area (TPSA) is 64.0 Å². The number of nitrogens with zero attached hydrogens (tertiary/aromatic N) is 2. The fraction of sp³-hybridized carbons (Fsp3) is 0.167. The van der Waals surface area contributed by atoms with E-state index in [-0.39, 0.29) is 16.2 Å². The minimum Gasteiger partial charge on any atom is -0.346 e. The normalized spacial score (nSPS) is 11.6. The number of carbonyl (C=O) groups is 1. The molecular formula is C18H13F4N3O2S. The monoisotopic (exact) mass is 411 g/mol. The highest BCUT2D eigenvalue weighted by atomic mass is 32.2. The molecule has 0 atom stereocenters. The summed E-state index contributed by atoms with van der Waals surface area (Å²) < 4.78 is 51.9. The van der Waals surface area contributed by atoms with E-state index in [0.717, 1.165) is 16.3 Å². The number of rotatable bonds is 5. The first-order valence-corrected chi connectivity index (χ1v) is 8.98. The molecule has 3 aromatic rings. The zero-order chi connectivity index (χ0) is 20.3. The van der Waals surface area contributed by atoms with Gasteiger partial charge in [0, 0.05) is 0 Å². The van der Waals surface area contributed by atoms with Gasteiger partial charge in [-0.15, -0.1) is 0 Å². The van der Waals surface area contributed by atoms with Crippen LogP contribution in [-0.4, -0.2) is 33.9 Å². The Hall–Kier alpha value is -2.88. The molecule has 146 valence electrons. The van der Waals surface area contributed by atoms with Crippen molar-refractivity contribution in [2.75, 3.05) is 12.3 Å². The Morgan fingerprint density at radius 1 is 1.11 bits per heavy atom. The van der Waals surface area contributed by atoms with Gasteiger partial charge >= 0.3 is 6.18 Å². The molecule has 0 fully saturated rings. The first-order valence-electron chi connectivity index (χ1n) is 7.99. The number of amides is 1. The summed E-state index contributed by atoms with van der Waals surface area (Å²) in [4.78, 5) is 28.9. The highest BCUT2D eigenvalue weighted by Gasteiger charge is 2.27. The van der Waals surface area contributed by atoms with Crippen LogP contribution in [0.15, 0.2) is 58.5 Å². The lowest BCUT2D eigenvalue weighted by atomic mass is 10.2. The molecule has 0 unspecified atom stereocenters. The van der Waals surface area contributed by atoms with Gasteiger partial charge in [0.05, 0.1) is 22.3 Å². The zero-order valence-corrected chi connectivity index (χ0v) is 15.0. The van der Waals surface area contributed by atoms with E-state index < -0.39 is 35.8 Å². The molecule has 5 nitrogen and oxygen atoms in total. The number of hydrogen-bond donors (Lipinski definition) is 1. The molecule has 1 heterocycles. The molecule has 0 radical (unpaired) electrons. The van der Waals surface area contributed by atoms with Crippen molar-refractivity contribution in [3.05, 3.63) is 64.7 Å². The molecule has 0 aliphatic heterocycles. The predicted octanol–water partition coefficient (Wildman–Crippen LogP) is 3.30. The first kappa shape index (κ1) is 19.9. The second kappa shape index (κ2) is 8.01. The van der Waals surface area contributed by atoms with Crippen LogP contribution in [0.25, 0.3) is 16.6 Å². The highest BCUT2D eigenvalue weighted by Crippen LogP contribution is 2.22. The number of alkyl halides is 3. The molecular weight excluding hydrogens is 398 g/mol. The Morgan fingerprint density at radius 3 is 2.50 bits per heavy atom. The smallest absolute Gasteiger partial charge is 0.346 e. The number of carbonyl (C=O) groups excluding carboxylic acids is 1. The summed E-state index contributed by atoms with van der Waals surface area (Å²) in [6.07, 6.45) is -4.53. The van der Waals surface area contributed by atoms with Gasteiger partial charge < -0.3 is 5.32 Å². The first-order chi connectivity index (χ1) is 13.3. The number of hydrogen-bond acceptors (Lipinski definition) is 4. The fourth-order valence-electron chi connectivity index (χ4n) is 2.43. The summed E-state index contributed by atoms with van der Waals surface area (Å²) in [5.41, 5.74) is -0.281. The van der Waals surface area contributed by atoms with Crippen molar-refractivity contribution in [1.82, 2.24) is 14.9 Å². The van der Waals surface area contributed by atoms with E-state index in [1.807, 2.05) is 0 Å². The maximum Gasteiger partial charge on any atom is 0.405 e. The molecule has 3 rings (SSSR count). The van der Waals surface area contributed by atoms with E-state index in [0.29, 0.717) is 5.52 Å². The van der Waals surface area contributed by atoms with Crippen molar-refractivity contribution in [1.29, 1.82) is 0 Å². The second-order valence-corrected chi connectivity index (χ2v) is 6.63. The number of fused-ring (bicyclic) bond motifs is 1. The lowest BCUT2D eigenvalue weighted by molar-refractivity contribution is -0.136. The van der Waals surface area contributed by atoms with Gasteiger partial charge in [-0.2, -0.15) is 13.2 Å². The van der Waals surface area contributed by atoms with Gasteiger partial charge in [0.15, 0.2) is 5.16 Å². The van der Waals surface area contributed by atoms with Crippen molar-refractivity contribution in [2.24, 2.45) is 0 Å². The number of aromatic nitrogens is 2. The molecule has 0 bridgehead atoms. The summed E-state index contributed by atoms with van der Waals surface area (Å²) in [7, 11) is 0. The molecule has 0 saturated carbocycles. The highest BCUT2D eigenvalue weighted by molar-refractivity contribution is 7.99. The zero-order valence-electron chi connectivity index (χ0n) is 14.2. The number of para-hydroxylation sites is 2. The summed E-state index contributed by atoms with van der Waals surface area (Å²) in [6.45, 7) is -1.46. The minimum atomic E-state index is -4.53. The molecule has 0 aliphatic rings. The standard InChI is InChI=1S/C18H13F4N3O2S/c19-12-6-2-4-8-14(12)25-16(27)11-5-1-3-7-13(11)24-17(25)28-9-15(26)23-10-18(20,21)22/h1-8H,9-10H2,(H,23,26). The third-order valence-electron chi connectivity index (χ3n) is 3.66. The van der Waals surface area contributed by atoms with Crippen LogP contribution in [0, 0.1) is 5.82 Å². The fourth-order valence-corrected chi connectivity index (χ4v) is 3.27. The van der Waals surface area contributed by atoms with Gasteiger partial charge in [0.1, 0.15) is 12.4 Å². The summed E-state index contributed by atoms with van der Waals surface area (Å²) in [5.74, 6) is -1.98. The summed E-state index contributed by atoms with van der Waals surface area (Å²) >= 11 is 0.744. The van der Waals surface area contributed by atoms with Crippen molar-refractivity contribution in [3.63, 3.8) is 0 Å². The molecule has 1 amide bonds. The molecule has 2 aromatic carbocycles. The van der Waals surface area contributed by atoms with Crippen LogP contribution in [0.3, 0.4) is 0 Å². The van der Waals surface area contributed by atoms with Crippen molar-refractivity contribution < 1.29 is 22.4 Å². The van der Waals surface area contributed by atoms with Crippen LogP contribution in [0.2, 0.25) is 0 Å². The van der Waals surface area contributed by atoms with Crippen molar-refractivity contribution >= 4 is 28.6 Å². The van der Waals surface area contributed by atoms with E-state index in [1.165, 1.54) is 30.3 Å². The van der Waals surface area contributed by atoms with Gasteiger partial charge in [-0.25, -0.2) is 9.37 Å². The van der Waals surface area contributed by atoms with Gasteiger partial charge in [0.2, 0.25) is 5.91 Å². The Balaban J connectivity index is 1.99. The molecule has 28 heavy (non-hydrogen) atoms. The van der Waals surface area contributed by atoms with Gasteiger partial charge in [-0.05, 0) is 24.3 Å². The van der Waals surface area contributed by atoms with E-state index in [1.54, 1.807) is 23.5 Å². The van der Waals surface area contributed by atoms with E-state index >= 15 is 0 Å². The maximum atomic E-state index is 14.3. The number of benzene rings is 2. The lowest BCUT2D eigenvalue weighted by Crippen LogP contribution is -2.35.